The molecule has 1 saturated heterocycles. The minimum absolute atomic E-state index is 0. The van der Waals surface area contributed by atoms with Crippen LogP contribution >= 0.6 is 12.4 Å². The van der Waals surface area contributed by atoms with E-state index in [9.17, 15) is 4.79 Å². The van der Waals surface area contributed by atoms with Gasteiger partial charge in [-0.2, -0.15) is 0 Å². The maximum Gasteiger partial charge on any atom is 0.236 e. The maximum absolute atomic E-state index is 12.3. The zero-order chi connectivity index (χ0) is 14.5. The number of hydrogen-bond donors (Lipinski definition) is 1. The summed E-state index contributed by atoms with van der Waals surface area (Å²) in [5.74, 6) is 0.196. The molecule has 0 radical (unpaired) electrons. The highest BCUT2D eigenvalue weighted by atomic mass is 35.5. The van der Waals surface area contributed by atoms with Gasteiger partial charge in [-0.25, -0.2) is 0 Å². The van der Waals surface area contributed by atoms with Gasteiger partial charge < -0.3 is 10.2 Å². The number of amides is 1. The molecule has 1 amide bonds. The summed E-state index contributed by atoms with van der Waals surface area (Å²) in [6.07, 6.45) is 0. The molecule has 1 atom stereocenters. The molecule has 118 valence electrons. The Morgan fingerprint density at radius 2 is 2.14 bits per heavy atom. The standard InChI is InChI=1S/C16H25N3O.ClH/c1-13-6-4-5-7-15(13)11-18(3)16(20)12-19-9-8-17-10-14(19)2;/h4-7,14,17H,8-12H2,1-3H3;1H/t14-;/m1./s1. The number of benzene rings is 1. The van der Waals surface area contributed by atoms with Crippen LogP contribution in [0, 0.1) is 6.92 Å². The number of rotatable bonds is 4. The summed E-state index contributed by atoms with van der Waals surface area (Å²) in [6, 6.07) is 8.67. The number of aryl methyl sites for hydroxylation is 1. The third kappa shape index (κ3) is 4.99. The highest BCUT2D eigenvalue weighted by molar-refractivity contribution is 5.85. The van der Waals surface area contributed by atoms with Crippen molar-refractivity contribution in [3.05, 3.63) is 35.4 Å². The fraction of sp³-hybridized carbons (Fsp3) is 0.562. The molecular weight excluding hydrogens is 286 g/mol. The van der Waals surface area contributed by atoms with E-state index in [1.807, 2.05) is 24.1 Å². The first-order chi connectivity index (χ1) is 9.58. The summed E-state index contributed by atoms with van der Waals surface area (Å²) in [5.41, 5.74) is 2.46. The highest BCUT2D eigenvalue weighted by Gasteiger charge is 2.21. The van der Waals surface area contributed by atoms with E-state index in [1.54, 1.807) is 0 Å². The molecule has 1 aliphatic heterocycles. The van der Waals surface area contributed by atoms with Crippen molar-refractivity contribution < 1.29 is 4.79 Å². The number of likely N-dealkylation sites (N-methyl/N-ethyl adjacent to an activating group) is 1. The van der Waals surface area contributed by atoms with Crippen LogP contribution in [-0.4, -0.2) is 55.0 Å². The fourth-order valence-electron chi connectivity index (χ4n) is 2.54. The Kier molecular flexibility index (Phi) is 7.15. The smallest absolute Gasteiger partial charge is 0.236 e. The summed E-state index contributed by atoms with van der Waals surface area (Å²) < 4.78 is 0. The zero-order valence-electron chi connectivity index (χ0n) is 13.1. The second kappa shape index (κ2) is 8.37. The van der Waals surface area contributed by atoms with Crippen LogP contribution < -0.4 is 5.32 Å². The van der Waals surface area contributed by atoms with Crippen LogP contribution in [0.4, 0.5) is 0 Å². The Morgan fingerprint density at radius 1 is 1.43 bits per heavy atom. The van der Waals surface area contributed by atoms with E-state index >= 15 is 0 Å². The Morgan fingerprint density at radius 3 is 2.81 bits per heavy atom. The molecule has 1 fully saturated rings. The Bertz CT molecular complexity index is 467. The molecule has 0 bridgehead atoms. The van der Waals surface area contributed by atoms with Gasteiger partial charge in [0.25, 0.3) is 0 Å². The van der Waals surface area contributed by atoms with Crippen LogP contribution in [0.15, 0.2) is 24.3 Å². The van der Waals surface area contributed by atoms with E-state index in [1.165, 1.54) is 11.1 Å². The molecule has 0 aliphatic carbocycles. The predicted octanol–water partition coefficient (Wildman–Crippen LogP) is 1.67. The lowest BCUT2D eigenvalue weighted by atomic mass is 10.1. The SMILES string of the molecule is Cc1ccccc1CN(C)C(=O)CN1CCNC[C@H]1C.Cl. The van der Waals surface area contributed by atoms with Crippen LogP contribution in [0.25, 0.3) is 0 Å². The molecular formula is C16H26ClN3O. The molecule has 4 nitrogen and oxygen atoms in total. The van der Waals surface area contributed by atoms with E-state index in [0.29, 0.717) is 19.1 Å². The molecule has 5 heteroatoms. The minimum atomic E-state index is 0. The monoisotopic (exact) mass is 311 g/mol. The lowest BCUT2D eigenvalue weighted by Crippen LogP contribution is -2.52. The Hall–Kier alpha value is -1.10. The largest absolute Gasteiger partial charge is 0.340 e. The van der Waals surface area contributed by atoms with Crippen molar-refractivity contribution in [2.45, 2.75) is 26.4 Å². The molecule has 0 unspecified atom stereocenters. The van der Waals surface area contributed by atoms with Gasteiger partial charge >= 0.3 is 0 Å². The van der Waals surface area contributed by atoms with Gasteiger partial charge in [0.2, 0.25) is 5.91 Å². The van der Waals surface area contributed by atoms with Gasteiger partial charge in [-0.15, -0.1) is 12.4 Å². The minimum Gasteiger partial charge on any atom is -0.340 e. The second-order valence-electron chi connectivity index (χ2n) is 5.70. The number of carbonyl (C=O) groups excluding carboxylic acids is 1. The molecule has 21 heavy (non-hydrogen) atoms. The number of nitrogens with one attached hydrogen (secondary N) is 1. The number of halogens is 1. The number of carbonyl (C=O) groups is 1. The van der Waals surface area contributed by atoms with E-state index in [0.717, 1.165) is 19.6 Å². The molecule has 2 rings (SSSR count). The van der Waals surface area contributed by atoms with E-state index < -0.39 is 0 Å². The summed E-state index contributed by atoms with van der Waals surface area (Å²) in [7, 11) is 1.89. The normalized spacial score (nSPS) is 18.9. The summed E-state index contributed by atoms with van der Waals surface area (Å²) in [4.78, 5) is 16.4. The van der Waals surface area contributed by atoms with Crippen molar-refractivity contribution in [2.24, 2.45) is 0 Å². The summed E-state index contributed by atoms with van der Waals surface area (Å²) in [6.45, 7) is 8.35. The van der Waals surface area contributed by atoms with Crippen molar-refractivity contribution in [3.8, 4) is 0 Å². The van der Waals surface area contributed by atoms with Gasteiger partial charge in [0.05, 0.1) is 6.54 Å². The third-order valence-electron chi connectivity index (χ3n) is 4.07. The van der Waals surface area contributed by atoms with Crippen molar-refractivity contribution >= 4 is 18.3 Å². The van der Waals surface area contributed by atoms with Crippen molar-refractivity contribution in [1.29, 1.82) is 0 Å². The van der Waals surface area contributed by atoms with Crippen molar-refractivity contribution in [1.82, 2.24) is 15.1 Å². The van der Waals surface area contributed by atoms with Gasteiger partial charge in [-0.05, 0) is 25.0 Å². The first-order valence-corrected chi connectivity index (χ1v) is 7.31. The van der Waals surface area contributed by atoms with Crippen LogP contribution in [-0.2, 0) is 11.3 Å². The van der Waals surface area contributed by atoms with E-state index in [2.05, 4.69) is 36.2 Å². The summed E-state index contributed by atoms with van der Waals surface area (Å²) >= 11 is 0. The van der Waals surface area contributed by atoms with Crippen LogP contribution in [0.1, 0.15) is 18.1 Å². The van der Waals surface area contributed by atoms with Crippen LogP contribution in [0.5, 0.6) is 0 Å². The third-order valence-corrected chi connectivity index (χ3v) is 4.07. The number of nitrogens with zero attached hydrogens (tertiary/aromatic N) is 2. The molecule has 0 spiro atoms. The lowest BCUT2D eigenvalue weighted by Gasteiger charge is -2.34. The highest BCUT2D eigenvalue weighted by Crippen LogP contribution is 2.10. The lowest BCUT2D eigenvalue weighted by molar-refractivity contribution is -0.132. The van der Waals surface area contributed by atoms with Crippen molar-refractivity contribution in [3.63, 3.8) is 0 Å². The quantitative estimate of drug-likeness (QED) is 0.919. The summed E-state index contributed by atoms with van der Waals surface area (Å²) in [5, 5.41) is 3.35. The molecule has 1 aromatic carbocycles. The fourth-order valence-corrected chi connectivity index (χ4v) is 2.54. The first kappa shape index (κ1) is 18.0. The Labute approximate surface area is 133 Å². The molecule has 1 N–H and O–H groups in total. The molecule has 1 heterocycles. The van der Waals surface area contributed by atoms with Crippen molar-refractivity contribution in [2.75, 3.05) is 33.2 Å². The molecule has 1 aromatic rings. The Balaban J connectivity index is 0.00000220. The van der Waals surface area contributed by atoms with E-state index in [-0.39, 0.29) is 18.3 Å². The topological polar surface area (TPSA) is 35.6 Å². The van der Waals surface area contributed by atoms with Crippen LogP contribution in [0.3, 0.4) is 0 Å². The molecule has 0 aromatic heterocycles. The van der Waals surface area contributed by atoms with Gasteiger partial charge in [0, 0.05) is 39.3 Å². The molecule has 1 aliphatic rings. The molecule has 0 saturated carbocycles. The average Bonchev–Trinajstić information content (AvgIpc) is 2.43. The first-order valence-electron chi connectivity index (χ1n) is 7.31. The van der Waals surface area contributed by atoms with Gasteiger partial charge in [-0.3, -0.25) is 9.69 Å². The average molecular weight is 312 g/mol. The zero-order valence-corrected chi connectivity index (χ0v) is 13.9. The number of piperazine rings is 1. The maximum atomic E-state index is 12.3. The van der Waals surface area contributed by atoms with Gasteiger partial charge in [-0.1, -0.05) is 24.3 Å². The predicted molar refractivity (Wildman–Crippen MR) is 88.8 cm³/mol. The van der Waals surface area contributed by atoms with Gasteiger partial charge in [0.1, 0.15) is 0 Å². The van der Waals surface area contributed by atoms with Crippen LogP contribution in [0.2, 0.25) is 0 Å². The second-order valence-corrected chi connectivity index (χ2v) is 5.70. The number of hydrogen-bond acceptors (Lipinski definition) is 3. The van der Waals surface area contributed by atoms with Gasteiger partial charge in [0.15, 0.2) is 0 Å². The van der Waals surface area contributed by atoms with E-state index in [4.69, 9.17) is 0 Å².